The van der Waals surface area contributed by atoms with Crippen molar-refractivity contribution in [3.05, 3.63) is 34.9 Å². The van der Waals surface area contributed by atoms with Gasteiger partial charge in [-0.15, -0.1) is 11.3 Å². The third-order valence-electron chi connectivity index (χ3n) is 3.70. The van der Waals surface area contributed by atoms with Crippen molar-refractivity contribution in [1.82, 2.24) is 14.9 Å². The molecule has 2 aromatic rings. The highest BCUT2D eigenvalue weighted by atomic mass is 32.1. The number of aromatic nitrogens is 2. The summed E-state index contributed by atoms with van der Waals surface area (Å²) in [7, 11) is 1.56. The molecule has 22 heavy (non-hydrogen) atoms. The zero-order chi connectivity index (χ0) is 15.4. The molecule has 6 nitrogen and oxygen atoms in total. The highest BCUT2D eigenvalue weighted by molar-refractivity contribution is 7.09. The molecule has 0 unspecified atom stereocenters. The number of thiazole rings is 1. The SMILES string of the molecule is COc1ccc(NC(=O)N2CCCC[C@@H]2c2nccs2)cn1. The second kappa shape index (κ2) is 6.74. The Morgan fingerprint density at radius 3 is 3.00 bits per heavy atom. The normalized spacial score (nSPS) is 18.0. The molecule has 1 aliphatic rings. The number of anilines is 1. The van der Waals surface area contributed by atoms with Crippen LogP contribution in [0.15, 0.2) is 29.9 Å². The standard InChI is InChI=1S/C15H18N4O2S/c1-21-13-6-5-11(10-17-13)18-15(20)19-8-3-2-4-12(19)14-16-7-9-22-14/h5-7,9-10,12H,2-4,8H2,1H3,(H,18,20)/t12-/m1/s1. The van der Waals surface area contributed by atoms with Crippen LogP contribution in [0.4, 0.5) is 10.5 Å². The average molecular weight is 318 g/mol. The molecule has 116 valence electrons. The van der Waals surface area contributed by atoms with Gasteiger partial charge >= 0.3 is 6.03 Å². The lowest BCUT2D eigenvalue weighted by atomic mass is 10.0. The minimum absolute atomic E-state index is 0.0694. The fourth-order valence-electron chi connectivity index (χ4n) is 2.60. The number of nitrogens with zero attached hydrogens (tertiary/aromatic N) is 3. The molecule has 1 N–H and O–H groups in total. The van der Waals surface area contributed by atoms with Crippen LogP contribution in [0.1, 0.15) is 30.3 Å². The Kier molecular flexibility index (Phi) is 4.53. The van der Waals surface area contributed by atoms with Crippen LogP contribution in [0, 0.1) is 0 Å². The minimum Gasteiger partial charge on any atom is -0.481 e. The summed E-state index contributed by atoms with van der Waals surface area (Å²) in [5.41, 5.74) is 0.661. The van der Waals surface area contributed by atoms with E-state index in [0.717, 1.165) is 30.8 Å². The van der Waals surface area contributed by atoms with E-state index in [1.54, 1.807) is 43.0 Å². The lowest BCUT2D eigenvalue weighted by Gasteiger charge is -2.34. The molecule has 2 aromatic heterocycles. The molecular weight excluding hydrogens is 300 g/mol. The Morgan fingerprint density at radius 1 is 1.41 bits per heavy atom. The summed E-state index contributed by atoms with van der Waals surface area (Å²) in [5, 5.41) is 5.85. The lowest BCUT2D eigenvalue weighted by molar-refractivity contribution is 0.163. The monoisotopic (exact) mass is 318 g/mol. The highest BCUT2D eigenvalue weighted by Crippen LogP contribution is 2.32. The first-order chi connectivity index (χ1) is 10.8. The molecule has 1 aliphatic heterocycles. The van der Waals surface area contributed by atoms with Crippen LogP contribution >= 0.6 is 11.3 Å². The van der Waals surface area contributed by atoms with E-state index in [9.17, 15) is 4.79 Å². The molecule has 0 bridgehead atoms. The van der Waals surface area contributed by atoms with Gasteiger partial charge in [-0.2, -0.15) is 0 Å². The molecular formula is C15H18N4O2S. The lowest BCUT2D eigenvalue weighted by Crippen LogP contribution is -2.41. The van der Waals surface area contributed by atoms with E-state index < -0.39 is 0 Å². The van der Waals surface area contributed by atoms with Crippen molar-refractivity contribution in [3.63, 3.8) is 0 Å². The van der Waals surface area contributed by atoms with E-state index in [-0.39, 0.29) is 12.1 Å². The number of pyridine rings is 1. The number of hydrogen-bond donors (Lipinski definition) is 1. The maximum Gasteiger partial charge on any atom is 0.322 e. The van der Waals surface area contributed by atoms with Crippen LogP contribution in [-0.4, -0.2) is 34.6 Å². The first-order valence-electron chi connectivity index (χ1n) is 7.25. The number of carbonyl (C=O) groups excluding carboxylic acids is 1. The van der Waals surface area contributed by atoms with Gasteiger partial charge in [-0.25, -0.2) is 14.8 Å². The van der Waals surface area contributed by atoms with E-state index >= 15 is 0 Å². The molecule has 1 fully saturated rings. The number of amides is 2. The predicted molar refractivity (Wildman–Crippen MR) is 85.2 cm³/mol. The Bertz CT molecular complexity index is 615. The van der Waals surface area contributed by atoms with E-state index in [0.29, 0.717) is 11.6 Å². The van der Waals surface area contributed by atoms with Gasteiger partial charge in [0.1, 0.15) is 5.01 Å². The van der Waals surface area contributed by atoms with Crippen molar-refractivity contribution < 1.29 is 9.53 Å². The third-order valence-corrected chi connectivity index (χ3v) is 4.57. The van der Waals surface area contributed by atoms with Gasteiger partial charge in [0.2, 0.25) is 5.88 Å². The molecule has 0 radical (unpaired) electrons. The smallest absolute Gasteiger partial charge is 0.322 e. The van der Waals surface area contributed by atoms with E-state index in [1.165, 1.54) is 0 Å². The molecule has 7 heteroatoms. The van der Waals surface area contributed by atoms with Crippen molar-refractivity contribution in [3.8, 4) is 5.88 Å². The maximum atomic E-state index is 12.6. The largest absolute Gasteiger partial charge is 0.481 e. The fourth-order valence-corrected chi connectivity index (χ4v) is 3.39. The summed E-state index contributed by atoms with van der Waals surface area (Å²) >= 11 is 1.60. The fraction of sp³-hybridized carbons (Fsp3) is 0.400. The summed E-state index contributed by atoms with van der Waals surface area (Å²) in [5.74, 6) is 0.525. The topological polar surface area (TPSA) is 67.3 Å². The van der Waals surface area contributed by atoms with Crippen molar-refractivity contribution >= 4 is 23.1 Å². The van der Waals surface area contributed by atoms with Gasteiger partial charge in [0.05, 0.1) is 25.0 Å². The number of hydrogen-bond acceptors (Lipinski definition) is 5. The summed E-state index contributed by atoms with van der Waals surface area (Å²) < 4.78 is 5.02. The van der Waals surface area contributed by atoms with Gasteiger partial charge in [0, 0.05) is 24.2 Å². The van der Waals surface area contributed by atoms with Crippen molar-refractivity contribution in [2.24, 2.45) is 0 Å². The van der Waals surface area contributed by atoms with E-state index in [4.69, 9.17) is 4.74 Å². The number of rotatable bonds is 3. The molecule has 0 saturated carbocycles. The highest BCUT2D eigenvalue weighted by Gasteiger charge is 2.29. The summed E-state index contributed by atoms with van der Waals surface area (Å²) in [6, 6.07) is 3.47. The Morgan fingerprint density at radius 2 is 2.32 bits per heavy atom. The maximum absolute atomic E-state index is 12.6. The second-order valence-electron chi connectivity index (χ2n) is 5.09. The van der Waals surface area contributed by atoms with E-state index in [1.807, 2.05) is 10.3 Å². The summed E-state index contributed by atoms with van der Waals surface area (Å²) in [4.78, 5) is 22.9. The Balaban J connectivity index is 1.71. The van der Waals surface area contributed by atoms with Crippen molar-refractivity contribution in [2.45, 2.75) is 25.3 Å². The van der Waals surface area contributed by atoms with Crippen LogP contribution in [0.2, 0.25) is 0 Å². The van der Waals surface area contributed by atoms with E-state index in [2.05, 4.69) is 15.3 Å². The van der Waals surface area contributed by atoms with Crippen molar-refractivity contribution in [1.29, 1.82) is 0 Å². The number of nitrogens with one attached hydrogen (secondary N) is 1. The Hall–Kier alpha value is -2.15. The first-order valence-corrected chi connectivity index (χ1v) is 8.13. The minimum atomic E-state index is -0.105. The zero-order valence-corrected chi connectivity index (χ0v) is 13.2. The first kappa shape index (κ1) is 14.8. The number of methoxy groups -OCH3 is 1. The number of urea groups is 1. The number of ether oxygens (including phenoxy) is 1. The molecule has 0 spiro atoms. The molecule has 0 aromatic carbocycles. The quantitative estimate of drug-likeness (QED) is 0.943. The Labute approximate surface area is 133 Å². The van der Waals surface area contributed by atoms with Gasteiger partial charge in [-0.05, 0) is 25.3 Å². The second-order valence-corrected chi connectivity index (χ2v) is 6.02. The molecule has 1 saturated heterocycles. The summed E-state index contributed by atoms with van der Waals surface area (Å²) in [6.07, 6.45) is 6.49. The molecule has 2 amide bonds. The summed E-state index contributed by atoms with van der Waals surface area (Å²) in [6.45, 7) is 0.750. The van der Waals surface area contributed by atoms with Gasteiger partial charge in [-0.3, -0.25) is 0 Å². The number of carbonyl (C=O) groups is 1. The third kappa shape index (κ3) is 3.19. The van der Waals surface area contributed by atoms with Crippen molar-refractivity contribution in [2.75, 3.05) is 19.0 Å². The van der Waals surface area contributed by atoms with Crippen LogP contribution < -0.4 is 10.1 Å². The van der Waals surface area contributed by atoms with Gasteiger partial charge in [-0.1, -0.05) is 0 Å². The van der Waals surface area contributed by atoms with Gasteiger partial charge < -0.3 is 15.0 Å². The average Bonchev–Trinajstić information content (AvgIpc) is 3.10. The number of likely N-dealkylation sites (tertiary alicyclic amines) is 1. The molecule has 1 atom stereocenters. The zero-order valence-electron chi connectivity index (χ0n) is 12.4. The predicted octanol–water partition coefficient (Wildman–Crippen LogP) is 3.31. The molecule has 3 rings (SSSR count). The van der Waals surface area contributed by atoms with Crippen LogP contribution in [-0.2, 0) is 0 Å². The van der Waals surface area contributed by atoms with Crippen LogP contribution in [0.5, 0.6) is 5.88 Å². The number of piperidine rings is 1. The van der Waals surface area contributed by atoms with Crippen LogP contribution in [0.3, 0.4) is 0 Å². The molecule has 0 aliphatic carbocycles. The van der Waals surface area contributed by atoms with Crippen LogP contribution in [0.25, 0.3) is 0 Å². The van der Waals surface area contributed by atoms with Gasteiger partial charge in [0.25, 0.3) is 0 Å². The molecule has 3 heterocycles. The van der Waals surface area contributed by atoms with Gasteiger partial charge in [0.15, 0.2) is 0 Å².